The van der Waals surface area contributed by atoms with Crippen LogP contribution in [-0.2, 0) is 19.6 Å². The first-order valence-electron chi connectivity index (χ1n) is 11.0. The number of ketones is 1. The highest BCUT2D eigenvalue weighted by Crippen LogP contribution is 2.19. The van der Waals surface area contributed by atoms with Gasteiger partial charge in [-0.1, -0.05) is 38.8 Å². The smallest absolute Gasteiger partial charge is 0.240 e. The summed E-state index contributed by atoms with van der Waals surface area (Å²) in [5.74, 6) is 0.172. The summed E-state index contributed by atoms with van der Waals surface area (Å²) < 4.78 is 32.7. The molecule has 1 unspecified atom stereocenters. The molecule has 1 heterocycles. The molecule has 1 aromatic carbocycles. The predicted molar refractivity (Wildman–Crippen MR) is 120 cm³/mol. The van der Waals surface area contributed by atoms with Crippen molar-refractivity contribution >= 4 is 21.7 Å². The third kappa shape index (κ3) is 7.68. The zero-order valence-electron chi connectivity index (χ0n) is 18.7. The van der Waals surface area contributed by atoms with E-state index >= 15 is 0 Å². The summed E-state index contributed by atoms with van der Waals surface area (Å²) in [7, 11) is -3.73. The maximum Gasteiger partial charge on any atom is 0.240 e. The molecular formula is C22H35N3O5S. The fraction of sp³-hybridized carbons (Fsp3) is 0.636. The van der Waals surface area contributed by atoms with Crippen LogP contribution in [0.25, 0.3) is 0 Å². The topological polar surface area (TPSA) is 105 Å². The summed E-state index contributed by atoms with van der Waals surface area (Å²) in [6.45, 7) is 9.45. The van der Waals surface area contributed by atoms with Gasteiger partial charge in [-0.15, -0.1) is 0 Å². The first-order valence-corrected chi connectivity index (χ1v) is 12.5. The lowest BCUT2D eigenvalue weighted by Gasteiger charge is -2.38. The first-order chi connectivity index (χ1) is 14.8. The normalized spacial score (nSPS) is 16.3. The van der Waals surface area contributed by atoms with E-state index in [-0.39, 0.29) is 35.6 Å². The van der Waals surface area contributed by atoms with Crippen LogP contribution >= 0.6 is 0 Å². The molecule has 31 heavy (non-hydrogen) atoms. The van der Waals surface area contributed by atoms with E-state index in [0.29, 0.717) is 31.2 Å². The average molecular weight is 454 g/mol. The molecule has 0 aliphatic carbocycles. The van der Waals surface area contributed by atoms with Crippen molar-refractivity contribution in [3.8, 4) is 0 Å². The van der Waals surface area contributed by atoms with Crippen molar-refractivity contribution in [2.75, 3.05) is 39.4 Å². The van der Waals surface area contributed by atoms with Gasteiger partial charge in [-0.2, -0.15) is 0 Å². The number of morpholine rings is 1. The summed E-state index contributed by atoms with van der Waals surface area (Å²) in [5.41, 5.74) is 0.450. The molecule has 9 heteroatoms. The molecule has 1 fully saturated rings. The number of hydrogen-bond acceptors (Lipinski definition) is 6. The van der Waals surface area contributed by atoms with Crippen molar-refractivity contribution in [1.29, 1.82) is 0 Å². The molecule has 1 saturated heterocycles. The van der Waals surface area contributed by atoms with Gasteiger partial charge in [0.1, 0.15) is 0 Å². The molecule has 1 amide bonds. The van der Waals surface area contributed by atoms with Crippen LogP contribution in [0, 0.1) is 5.92 Å². The zero-order chi connectivity index (χ0) is 22.9. The minimum absolute atomic E-state index is 0.00975. The third-order valence-corrected chi connectivity index (χ3v) is 7.31. The Kier molecular flexibility index (Phi) is 10.1. The van der Waals surface area contributed by atoms with Gasteiger partial charge in [0.15, 0.2) is 5.78 Å². The van der Waals surface area contributed by atoms with Crippen LogP contribution in [0.5, 0.6) is 0 Å². The lowest BCUT2D eigenvalue weighted by atomic mass is 9.92. The van der Waals surface area contributed by atoms with Crippen molar-refractivity contribution in [2.45, 2.75) is 51.0 Å². The van der Waals surface area contributed by atoms with Crippen molar-refractivity contribution < 1.29 is 22.7 Å². The maximum absolute atomic E-state index is 12.4. The number of benzene rings is 1. The quantitative estimate of drug-likeness (QED) is 0.468. The number of hydrogen-bond donors (Lipinski definition) is 2. The number of Topliss-reactive ketones (excluding diaryl/α,β-unsaturated/α-hetero) is 1. The van der Waals surface area contributed by atoms with Crippen molar-refractivity contribution in [3.05, 3.63) is 29.8 Å². The van der Waals surface area contributed by atoms with E-state index in [4.69, 9.17) is 4.74 Å². The summed E-state index contributed by atoms with van der Waals surface area (Å²) in [5, 5.41) is 2.98. The van der Waals surface area contributed by atoms with Crippen LogP contribution in [0.3, 0.4) is 0 Å². The Morgan fingerprint density at radius 1 is 1.10 bits per heavy atom. The highest BCUT2D eigenvalue weighted by atomic mass is 32.2. The lowest BCUT2D eigenvalue weighted by Crippen LogP contribution is -2.52. The van der Waals surface area contributed by atoms with Gasteiger partial charge in [-0.25, -0.2) is 13.1 Å². The first kappa shape index (κ1) is 25.5. The molecule has 174 valence electrons. The molecule has 1 aromatic rings. The molecule has 0 bridgehead atoms. The van der Waals surface area contributed by atoms with Crippen molar-refractivity contribution in [2.24, 2.45) is 5.92 Å². The third-order valence-electron chi connectivity index (χ3n) is 5.83. The summed E-state index contributed by atoms with van der Waals surface area (Å²) >= 11 is 0. The number of nitrogens with one attached hydrogen (secondary N) is 2. The van der Waals surface area contributed by atoms with E-state index in [1.165, 1.54) is 31.2 Å². The molecule has 1 aliphatic heterocycles. The number of rotatable bonds is 12. The van der Waals surface area contributed by atoms with Gasteiger partial charge in [-0.3, -0.25) is 14.5 Å². The minimum atomic E-state index is -3.73. The SMILES string of the molecule is CCC(CC)C(CNC(=O)CCNS(=O)(=O)c1ccc(C(C)=O)cc1)N1CCOCC1. The Morgan fingerprint density at radius 3 is 2.26 bits per heavy atom. The standard InChI is InChI=1S/C22H35N3O5S/c1-4-18(5-2)21(25-12-14-30-15-13-25)16-23-22(27)10-11-24-31(28,29)20-8-6-19(7-9-20)17(3)26/h6-9,18,21,24H,4-5,10-16H2,1-3H3,(H,23,27). The van der Waals surface area contributed by atoms with Crippen LogP contribution < -0.4 is 10.0 Å². The van der Waals surface area contributed by atoms with Crippen LogP contribution in [-0.4, -0.2) is 70.4 Å². The highest BCUT2D eigenvalue weighted by Gasteiger charge is 2.27. The summed E-state index contributed by atoms with van der Waals surface area (Å²) in [6, 6.07) is 5.99. The molecule has 1 aliphatic rings. The Morgan fingerprint density at radius 2 is 1.71 bits per heavy atom. The summed E-state index contributed by atoms with van der Waals surface area (Å²) in [4.78, 5) is 26.1. The number of carbonyl (C=O) groups is 2. The van der Waals surface area contributed by atoms with Gasteiger partial charge in [-0.05, 0) is 25.0 Å². The van der Waals surface area contributed by atoms with Crippen LogP contribution in [0.1, 0.15) is 50.4 Å². The maximum atomic E-state index is 12.4. The molecule has 1 atom stereocenters. The minimum Gasteiger partial charge on any atom is -0.379 e. The Hall–Kier alpha value is -1.81. The van der Waals surface area contributed by atoms with Crippen molar-refractivity contribution in [1.82, 2.24) is 14.9 Å². The number of ether oxygens (including phenoxy) is 1. The van der Waals surface area contributed by atoms with Gasteiger partial charge in [0.25, 0.3) is 0 Å². The largest absolute Gasteiger partial charge is 0.379 e. The lowest BCUT2D eigenvalue weighted by molar-refractivity contribution is -0.121. The molecule has 2 N–H and O–H groups in total. The molecule has 2 rings (SSSR count). The number of carbonyl (C=O) groups excluding carboxylic acids is 2. The Bertz CT molecular complexity index is 816. The van der Waals surface area contributed by atoms with Gasteiger partial charge in [0, 0.05) is 44.2 Å². The molecule has 0 aromatic heterocycles. The van der Waals surface area contributed by atoms with Gasteiger partial charge in [0.05, 0.1) is 18.1 Å². The van der Waals surface area contributed by atoms with Gasteiger partial charge in [0.2, 0.25) is 15.9 Å². The van der Waals surface area contributed by atoms with Gasteiger partial charge >= 0.3 is 0 Å². The second-order valence-corrected chi connectivity index (χ2v) is 9.59. The number of nitrogens with zero attached hydrogens (tertiary/aromatic N) is 1. The zero-order valence-corrected chi connectivity index (χ0v) is 19.5. The van der Waals surface area contributed by atoms with Gasteiger partial charge < -0.3 is 10.1 Å². The van der Waals surface area contributed by atoms with Crippen molar-refractivity contribution in [3.63, 3.8) is 0 Å². The molecule has 0 spiro atoms. The summed E-state index contributed by atoms with van der Waals surface area (Å²) in [6.07, 6.45) is 2.14. The Labute approximate surface area is 185 Å². The van der Waals surface area contributed by atoms with E-state index in [2.05, 4.69) is 28.8 Å². The van der Waals surface area contributed by atoms with E-state index < -0.39 is 10.0 Å². The predicted octanol–water partition coefficient (Wildman–Crippen LogP) is 1.81. The van der Waals surface area contributed by atoms with E-state index in [0.717, 1.165) is 25.9 Å². The monoisotopic (exact) mass is 453 g/mol. The average Bonchev–Trinajstić information content (AvgIpc) is 2.77. The fourth-order valence-electron chi connectivity index (χ4n) is 3.89. The Balaban J connectivity index is 1.84. The number of amides is 1. The fourth-order valence-corrected chi connectivity index (χ4v) is 4.93. The van der Waals surface area contributed by atoms with E-state index in [1.54, 1.807) is 0 Å². The molecule has 0 radical (unpaired) electrons. The van der Waals surface area contributed by atoms with E-state index in [9.17, 15) is 18.0 Å². The van der Waals surface area contributed by atoms with Crippen LogP contribution in [0.2, 0.25) is 0 Å². The second-order valence-electron chi connectivity index (χ2n) is 7.82. The highest BCUT2D eigenvalue weighted by molar-refractivity contribution is 7.89. The molecule has 0 saturated carbocycles. The second kappa shape index (κ2) is 12.3. The van der Waals surface area contributed by atoms with Crippen LogP contribution in [0.4, 0.5) is 0 Å². The van der Waals surface area contributed by atoms with E-state index in [1.807, 2.05) is 0 Å². The van der Waals surface area contributed by atoms with Crippen LogP contribution in [0.15, 0.2) is 29.2 Å². The number of sulfonamides is 1. The molecular weight excluding hydrogens is 418 g/mol. The molecule has 8 nitrogen and oxygen atoms in total.